The zero-order valence-electron chi connectivity index (χ0n) is 28.3. The van der Waals surface area contributed by atoms with E-state index in [0.717, 1.165) is 83.1 Å². The number of aliphatic hydroxyl groups excluding tert-OH is 2. The Labute approximate surface area is 309 Å². The molecule has 270 valence electrons. The van der Waals surface area contributed by atoms with Crippen molar-refractivity contribution in [2.24, 2.45) is 7.05 Å². The second-order valence-corrected chi connectivity index (χ2v) is 14.0. The Morgan fingerprint density at radius 3 is 2.57 bits per heavy atom. The first kappa shape index (κ1) is 36.8. The van der Waals surface area contributed by atoms with Gasteiger partial charge in [-0.15, -0.1) is 0 Å². The number of aliphatic hydroxyl groups is 2. The molecule has 12 nitrogen and oxygen atoms in total. The Morgan fingerprint density at radius 2 is 1.82 bits per heavy atom. The number of likely N-dealkylation sites (tertiary alicyclic amines) is 1. The summed E-state index contributed by atoms with van der Waals surface area (Å²) in [7, 11) is 1.82. The van der Waals surface area contributed by atoms with Crippen LogP contribution in [0.25, 0.3) is 22.0 Å². The van der Waals surface area contributed by atoms with Gasteiger partial charge in [0.25, 0.3) is 0 Å². The summed E-state index contributed by atoms with van der Waals surface area (Å²) in [6.07, 6.45) is 8.21. The molecule has 0 aliphatic carbocycles. The zero-order chi connectivity index (χ0) is 35.9. The quantitative estimate of drug-likeness (QED) is 0.0906. The van der Waals surface area contributed by atoms with E-state index < -0.39 is 18.6 Å². The summed E-state index contributed by atoms with van der Waals surface area (Å²) in [5, 5.41) is 41.8. The average molecular weight is 782 g/mol. The molecule has 2 atom stereocenters. The van der Waals surface area contributed by atoms with E-state index in [-0.39, 0.29) is 25.9 Å². The van der Waals surface area contributed by atoms with Gasteiger partial charge in [0.2, 0.25) is 0 Å². The van der Waals surface area contributed by atoms with E-state index in [0.29, 0.717) is 22.1 Å². The van der Waals surface area contributed by atoms with Crippen molar-refractivity contribution in [2.45, 2.75) is 57.7 Å². The van der Waals surface area contributed by atoms with Crippen LogP contribution in [0.2, 0.25) is 5.02 Å². The number of halogens is 2. The third-order valence-corrected chi connectivity index (χ3v) is 10.3. The van der Waals surface area contributed by atoms with Crippen molar-refractivity contribution in [3.8, 4) is 22.6 Å². The number of hydrogen-bond acceptors (Lipinski definition) is 9. The molecule has 3 heterocycles. The highest BCUT2D eigenvalue weighted by atomic mass is 79.9. The number of aliphatic carboxylic acids is 1. The molecule has 0 amide bonds. The molecule has 0 bridgehead atoms. The van der Waals surface area contributed by atoms with Crippen LogP contribution < -0.4 is 14.8 Å². The number of nitrogens with one attached hydrogen (secondary N) is 1. The van der Waals surface area contributed by atoms with Crippen LogP contribution in [0.1, 0.15) is 36.0 Å². The molecule has 14 heteroatoms. The number of unbranched alkanes of at least 4 members (excludes halogenated alkanes) is 1. The van der Waals surface area contributed by atoms with Gasteiger partial charge < -0.3 is 29.7 Å². The molecular formula is C37H42BrClN6O6. The summed E-state index contributed by atoms with van der Waals surface area (Å²) in [6, 6.07) is 14.5. The number of ether oxygens (including phenoxy) is 2. The summed E-state index contributed by atoms with van der Waals surface area (Å²) in [6.45, 7) is 3.53. The first-order valence-corrected chi connectivity index (χ1v) is 18.1. The summed E-state index contributed by atoms with van der Waals surface area (Å²) in [5.74, 6) is -0.301. The van der Waals surface area contributed by atoms with Crippen molar-refractivity contribution in [2.75, 3.05) is 26.2 Å². The van der Waals surface area contributed by atoms with E-state index in [2.05, 4.69) is 60.2 Å². The van der Waals surface area contributed by atoms with Crippen LogP contribution in [-0.2, 0) is 38.1 Å². The summed E-state index contributed by atoms with van der Waals surface area (Å²) in [5.41, 5.74) is 5.52. The van der Waals surface area contributed by atoms with Crippen molar-refractivity contribution in [3.63, 3.8) is 0 Å². The molecule has 6 rings (SSSR count). The normalized spacial score (nSPS) is 15.4. The topological polar surface area (TPSA) is 147 Å². The van der Waals surface area contributed by atoms with Gasteiger partial charge in [-0.2, -0.15) is 10.2 Å². The molecule has 0 spiro atoms. The number of fused-ring (bicyclic) bond motifs is 1. The molecule has 0 radical (unpaired) electrons. The van der Waals surface area contributed by atoms with Crippen LogP contribution in [0, 0.1) is 0 Å². The van der Waals surface area contributed by atoms with Crippen molar-refractivity contribution in [3.05, 3.63) is 93.3 Å². The monoisotopic (exact) mass is 780 g/mol. The van der Waals surface area contributed by atoms with Crippen molar-refractivity contribution in [1.29, 1.82) is 0 Å². The lowest BCUT2D eigenvalue weighted by atomic mass is 10.00. The van der Waals surface area contributed by atoms with Gasteiger partial charge >= 0.3 is 5.97 Å². The fourth-order valence-corrected chi connectivity index (χ4v) is 7.15. The SMILES string of the molecule is Cn1cc(COc2cc(OCc3cccc(-c4cccc5c4cnn5CCCCN4CC[C@@H](O)C4)c3Br)c(Cl)cc2CN[C@@H](CO)C(=O)O)cn1. The molecule has 51 heavy (non-hydrogen) atoms. The predicted molar refractivity (Wildman–Crippen MR) is 198 cm³/mol. The molecule has 4 N–H and O–H groups in total. The number of nitrogens with zero attached hydrogens (tertiary/aromatic N) is 5. The lowest BCUT2D eigenvalue weighted by molar-refractivity contribution is -0.140. The molecule has 1 aliphatic heterocycles. The molecule has 1 aliphatic rings. The van der Waals surface area contributed by atoms with E-state index in [4.69, 9.17) is 26.2 Å². The molecule has 1 fully saturated rings. The maximum atomic E-state index is 11.5. The Kier molecular flexibility index (Phi) is 12.3. The fraction of sp³-hybridized carbons (Fsp3) is 0.378. The number of benzene rings is 3. The lowest BCUT2D eigenvalue weighted by Crippen LogP contribution is -2.39. The Balaban J connectivity index is 1.17. The highest BCUT2D eigenvalue weighted by molar-refractivity contribution is 9.10. The average Bonchev–Trinajstić information content (AvgIpc) is 3.86. The van der Waals surface area contributed by atoms with Gasteiger partial charge in [0.15, 0.2) is 0 Å². The first-order chi connectivity index (χ1) is 24.7. The lowest BCUT2D eigenvalue weighted by Gasteiger charge is -2.18. The maximum absolute atomic E-state index is 11.5. The van der Waals surface area contributed by atoms with Crippen LogP contribution in [-0.4, -0.2) is 84.1 Å². The highest BCUT2D eigenvalue weighted by Gasteiger charge is 2.21. The van der Waals surface area contributed by atoms with E-state index in [9.17, 15) is 20.1 Å². The van der Waals surface area contributed by atoms with E-state index in [1.807, 2.05) is 31.6 Å². The third kappa shape index (κ3) is 9.09. The zero-order valence-corrected chi connectivity index (χ0v) is 30.7. The van der Waals surface area contributed by atoms with Gasteiger partial charge in [0.1, 0.15) is 30.8 Å². The standard InChI is InChI=1S/C37H42BrClN6O6/c1-43-19-24(16-41-43)22-50-34-15-35(31(39)14-26(34)17-40-32(21-46)37(48)49)51-23-25-6-4-8-29(36(25)38)28-7-5-9-33-30(28)18-42-45(33)12-3-2-11-44-13-10-27(47)20-44/h4-9,14-16,18-19,27,32,40,46-47H,2-3,10-13,17,20-23H2,1H3,(H,48,49)/t27-,32+/m1/s1. The van der Waals surface area contributed by atoms with Crippen molar-refractivity contribution in [1.82, 2.24) is 29.8 Å². The Hall–Kier alpha value is -3.98. The van der Waals surface area contributed by atoms with E-state index in [1.165, 1.54) is 0 Å². The molecule has 0 saturated carbocycles. The number of hydrogen-bond donors (Lipinski definition) is 4. The van der Waals surface area contributed by atoms with Crippen LogP contribution >= 0.6 is 27.5 Å². The van der Waals surface area contributed by atoms with Gasteiger partial charge in [-0.1, -0.05) is 41.9 Å². The Bertz CT molecular complexity index is 1970. The Morgan fingerprint density at radius 1 is 1.04 bits per heavy atom. The van der Waals surface area contributed by atoms with Gasteiger partial charge in [-0.3, -0.25) is 19.5 Å². The second kappa shape index (κ2) is 17.0. The molecule has 3 aromatic carbocycles. The van der Waals surface area contributed by atoms with Crippen LogP contribution in [0.15, 0.2) is 71.6 Å². The third-order valence-electron chi connectivity index (χ3n) is 9.07. The molecule has 2 aromatic heterocycles. The van der Waals surface area contributed by atoms with Gasteiger partial charge in [0.05, 0.1) is 35.6 Å². The minimum absolute atomic E-state index is 0.0965. The minimum atomic E-state index is -1.16. The largest absolute Gasteiger partial charge is 0.488 e. The number of carbonyl (C=O) groups is 1. The van der Waals surface area contributed by atoms with Gasteiger partial charge in [-0.05, 0) is 65.0 Å². The summed E-state index contributed by atoms with van der Waals surface area (Å²) in [4.78, 5) is 13.8. The van der Waals surface area contributed by atoms with Crippen molar-refractivity contribution < 1.29 is 29.6 Å². The van der Waals surface area contributed by atoms with Gasteiger partial charge in [0, 0.05) is 72.0 Å². The molecular weight excluding hydrogens is 740 g/mol. The maximum Gasteiger partial charge on any atom is 0.323 e. The number of carboxylic acids is 1. The highest BCUT2D eigenvalue weighted by Crippen LogP contribution is 2.38. The van der Waals surface area contributed by atoms with Crippen LogP contribution in [0.3, 0.4) is 0 Å². The molecule has 0 unspecified atom stereocenters. The number of rotatable bonds is 17. The van der Waals surface area contributed by atoms with Crippen LogP contribution in [0.4, 0.5) is 0 Å². The summed E-state index contributed by atoms with van der Waals surface area (Å²) >= 11 is 10.5. The first-order valence-electron chi connectivity index (χ1n) is 17.0. The predicted octanol–water partition coefficient (Wildman–Crippen LogP) is 5.39. The molecule has 5 aromatic rings. The number of aromatic nitrogens is 4. The van der Waals surface area contributed by atoms with Crippen LogP contribution in [0.5, 0.6) is 11.5 Å². The fourth-order valence-electron chi connectivity index (χ4n) is 6.31. The molecule has 1 saturated heterocycles. The minimum Gasteiger partial charge on any atom is -0.488 e. The smallest absolute Gasteiger partial charge is 0.323 e. The second-order valence-electron chi connectivity index (χ2n) is 12.8. The van der Waals surface area contributed by atoms with E-state index in [1.54, 1.807) is 23.0 Å². The number of carboxylic acid groups (broad SMARTS) is 1. The number of aryl methyl sites for hydroxylation is 2. The number of β-amino-alcohol motifs (C(OH)–C–C–N with tert-alkyl or cyclic N) is 1. The van der Waals surface area contributed by atoms with Gasteiger partial charge in [-0.25, -0.2) is 0 Å². The summed E-state index contributed by atoms with van der Waals surface area (Å²) < 4.78 is 17.1. The van der Waals surface area contributed by atoms with Crippen molar-refractivity contribution >= 4 is 44.4 Å². The van der Waals surface area contributed by atoms with E-state index >= 15 is 0 Å².